The number of aliphatic hydroxyl groups excluding tert-OH is 1. The maximum Gasteiger partial charge on any atom is 0.122 e. The van der Waals surface area contributed by atoms with Gasteiger partial charge in [0, 0.05) is 0 Å². The summed E-state index contributed by atoms with van der Waals surface area (Å²) in [6.07, 6.45) is 0.881. The monoisotopic (exact) mass is 206 g/mol. The van der Waals surface area contributed by atoms with Gasteiger partial charge >= 0.3 is 0 Å². The van der Waals surface area contributed by atoms with Gasteiger partial charge in [-0.15, -0.1) is 0 Å². The second-order valence-corrected chi connectivity index (χ2v) is 4.22. The minimum Gasteiger partial charge on any atom is -0.494 e. The lowest BCUT2D eigenvalue weighted by atomic mass is 10.1. The quantitative estimate of drug-likeness (QED) is 0.820. The van der Waals surface area contributed by atoms with Crippen molar-refractivity contribution >= 4 is 0 Å². The van der Waals surface area contributed by atoms with Crippen molar-refractivity contribution in [2.75, 3.05) is 6.61 Å². The Kier molecular flexibility index (Phi) is 2.96. The van der Waals surface area contributed by atoms with Gasteiger partial charge < -0.3 is 9.84 Å². The summed E-state index contributed by atoms with van der Waals surface area (Å²) >= 11 is 0. The molecular formula is C13H18O2. The Bertz CT molecular complexity index is 333. The summed E-state index contributed by atoms with van der Waals surface area (Å²) < 4.78 is 5.58. The minimum absolute atomic E-state index is 0.204. The maximum atomic E-state index is 9.50. The van der Waals surface area contributed by atoms with Gasteiger partial charge in [0.1, 0.15) is 5.75 Å². The maximum absolute atomic E-state index is 9.50. The van der Waals surface area contributed by atoms with Gasteiger partial charge in [-0.25, -0.2) is 0 Å². The molecule has 82 valence electrons. The van der Waals surface area contributed by atoms with Gasteiger partial charge in [-0.1, -0.05) is 18.2 Å². The van der Waals surface area contributed by atoms with Crippen LogP contribution in [0.25, 0.3) is 0 Å². The van der Waals surface area contributed by atoms with E-state index in [9.17, 15) is 5.11 Å². The third kappa shape index (κ3) is 2.15. The zero-order valence-corrected chi connectivity index (χ0v) is 9.31. The molecule has 0 spiro atoms. The lowest BCUT2D eigenvalue weighted by Crippen LogP contribution is -2.04. The van der Waals surface area contributed by atoms with E-state index in [0.717, 1.165) is 12.2 Å². The molecule has 0 unspecified atom stereocenters. The van der Waals surface area contributed by atoms with Crippen molar-refractivity contribution in [1.82, 2.24) is 0 Å². The van der Waals surface area contributed by atoms with Crippen molar-refractivity contribution in [2.24, 2.45) is 5.92 Å². The van der Waals surface area contributed by atoms with Crippen molar-refractivity contribution < 1.29 is 9.84 Å². The molecular weight excluding hydrogens is 188 g/mol. The van der Waals surface area contributed by atoms with Gasteiger partial charge in [0.05, 0.1) is 12.7 Å². The summed E-state index contributed by atoms with van der Waals surface area (Å²) in [5.41, 5.74) is 1.25. The van der Waals surface area contributed by atoms with Crippen LogP contribution in [-0.2, 0) is 0 Å². The molecule has 1 N–H and O–H groups in total. The molecule has 1 aliphatic rings. The highest BCUT2D eigenvalue weighted by Gasteiger charge is 2.42. The molecule has 0 aliphatic heterocycles. The molecule has 0 heterocycles. The first-order valence-corrected chi connectivity index (χ1v) is 5.63. The Morgan fingerprint density at radius 2 is 2.20 bits per heavy atom. The number of hydrogen-bond acceptors (Lipinski definition) is 2. The van der Waals surface area contributed by atoms with Crippen LogP contribution < -0.4 is 4.74 Å². The Morgan fingerprint density at radius 3 is 2.80 bits per heavy atom. The summed E-state index contributed by atoms with van der Waals surface area (Å²) in [6.45, 7) is 4.56. The molecule has 1 aromatic carbocycles. The molecule has 0 aromatic heterocycles. The average Bonchev–Trinajstić information content (AvgIpc) is 2.99. The summed E-state index contributed by atoms with van der Waals surface area (Å²) in [4.78, 5) is 0. The molecule has 1 fully saturated rings. The van der Waals surface area contributed by atoms with E-state index in [1.807, 2.05) is 32.0 Å². The Labute approximate surface area is 90.9 Å². The predicted octanol–water partition coefficient (Wildman–Crippen LogP) is 2.57. The van der Waals surface area contributed by atoms with Crippen LogP contribution in [0.4, 0.5) is 0 Å². The fraction of sp³-hybridized carbons (Fsp3) is 0.538. The first kappa shape index (κ1) is 10.5. The predicted molar refractivity (Wildman–Crippen MR) is 60.1 cm³/mol. The molecule has 0 bridgehead atoms. The minimum atomic E-state index is -0.204. The van der Waals surface area contributed by atoms with Crippen LogP contribution in [0.15, 0.2) is 24.3 Å². The van der Waals surface area contributed by atoms with E-state index in [1.165, 1.54) is 5.56 Å². The van der Waals surface area contributed by atoms with Gasteiger partial charge in [0.2, 0.25) is 0 Å². The molecule has 2 rings (SSSR count). The van der Waals surface area contributed by atoms with Crippen LogP contribution in [0, 0.1) is 5.92 Å². The van der Waals surface area contributed by atoms with Crippen LogP contribution >= 0.6 is 0 Å². The molecule has 0 amide bonds. The number of hydrogen-bond donors (Lipinski definition) is 1. The first-order valence-electron chi connectivity index (χ1n) is 5.63. The Morgan fingerprint density at radius 1 is 1.47 bits per heavy atom. The SMILES string of the molecule is CCOc1ccccc1[C@@H]1C[C@@H]1[C@@H](C)O. The van der Waals surface area contributed by atoms with E-state index in [1.54, 1.807) is 0 Å². The molecule has 2 heteroatoms. The van der Waals surface area contributed by atoms with Crippen LogP contribution in [0.2, 0.25) is 0 Å². The van der Waals surface area contributed by atoms with E-state index in [0.29, 0.717) is 18.4 Å². The van der Waals surface area contributed by atoms with Crippen LogP contribution in [0.3, 0.4) is 0 Å². The Balaban J connectivity index is 2.15. The lowest BCUT2D eigenvalue weighted by Gasteiger charge is -2.10. The van der Waals surface area contributed by atoms with Crippen molar-refractivity contribution in [2.45, 2.75) is 32.3 Å². The number of para-hydroxylation sites is 1. The zero-order valence-electron chi connectivity index (χ0n) is 9.31. The standard InChI is InChI=1S/C13H18O2/c1-3-15-13-7-5-4-6-10(13)12-8-11(12)9(2)14/h4-7,9,11-12,14H,3,8H2,1-2H3/t9-,11-,12+/m1/s1. The fourth-order valence-corrected chi connectivity index (χ4v) is 2.18. The molecule has 0 radical (unpaired) electrons. The Hall–Kier alpha value is -1.02. The third-order valence-corrected chi connectivity index (χ3v) is 3.08. The topological polar surface area (TPSA) is 29.5 Å². The number of aliphatic hydroxyl groups is 1. The first-order chi connectivity index (χ1) is 7.24. The van der Waals surface area contributed by atoms with Crippen LogP contribution in [-0.4, -0.2) is 17.8 Å². The van der Waals surface area contributed by atoms with Gasteiger partial charge in [0.25, 0.3) is 0 Å². The summed E-state index contributed by atoms with van der Waals surface area (Å²) in [7, 11) is 0. The number of benzene rings is 1. The van der Waals surface area contributed by atoms with E-state index in [-0.39, 0.29) is 6.10 Å². The van der Waals surface area contributed by atoms with Crippen molar-refractivity contribution in [3.8, 4) is 5.75 Å². The summed E-state index contributed by atoms with van der Waals surface area (Å²) in [6, 6.07) is 8.15. The third-order valence-electron chi connectivity index (χ3n) is 3.08. The molecule has 1 aliphatic carbocycles. The molecule has 15 heavy (non-hydrogen) atoms. The van der Waals surface area contributed by atoms with E-state index >= 15 is 0 Å². The van der Waals surface area contributed by atoms with Crippen molar-refractivity contribution in [3.63, 3.8) is 0 Å². The van der Waals surface area contributed by atoms with Crippen molar-refractivity contribution in [3.05, 3.63) is 29.8 Å². The van der Waals surface area contributed by atoms with Gasteiger partial charge in [-0.3, -0.25) is 0 Å². The van der Waals surface area contributed by atoms with Gasteiger partial charge in [-0.05, 0) is 43.7 Å². The second-order valence-electron chi connectivity index (χ2n) is 4.22. The van der Waals surface area contributed by atoms with Gasteiger partial charge in [-0.2, -0.15) is 0 Å². The fourth-order valence-electron chi connectivity index (χ4n) is 2.18. The zero-order chi connectivity index (χ0) is 10.8. The van der Waals surface area contributed by atoms with E-state index < -0.39 is 0 Å². The van der Waals surface area contributed by atoms with Crippen LogP contribution in [0.1, 0.15) is 31.7 Å². The van der Waals surface area contributed by atoms with Gasteiger partial charge in [0.15, 0.2) is 0 Å². The van der Waals surface area contributed by atoms with E-state index in [4.69, 9.17) is 4.74 Å². The highest BCUT2D eigenvalue weighted by atomic mass is 16.5. The van der Waals surface area contributed by atoms with E-state index in [2.05, 4.69) is 6.07 Å². The van der Waals surface area contributed by atoms with Crippen LogP contribution in [0.5, 0.6) is 5.75 Å². The largest absolute Gasteiger partial charge is 0.494 e. The highest BCUT2D eigenvalue weighted by molar-refractivity contribution is 5.39. The number of ether oxygens (including phenoxy) is 1. The molecule has 1 aromatic rings. The normalized spacial score (nSPS) is 26.1. The molecule has 2 nitrogen and oxygen atoms in total. The van der Waals surface area contributed by atoms with Crippen molar-refractivity contribution in [1.29, 1.82) is 0 Å². The molecule has 0 saturated heterocycles. The number of rotatable bonds is 4. The smallest absolute Gasteiger partial charge is 0.122 e. The lowest BCUT2D eigenvalue weighted by molar-refractivity contribution is 0.168. The second kappa shape index (κ2) is 4.23. The average molecular weight is 206 g/mol. The summed E-state index contributed by atoms with van der Waals surface area (Å²) in [5, 5.41) is 9.50. The summed E-state index contributed by atoms with van der Waals surface area (Å²) in [5.74, 6) is 1.90. The highest BCUT2D eigenvalue weighted by Crippen LogP contribution is 2.51. The molecule has 1 saturated carbocycles. The molecule has 3 atom stereocenters.